The molecule has 0 heterocycles. The molecule has 1 fully saturated rings. The summed E-state index contributed by atoms with van der Waals surface area (Å²) in [6.45, 7) is 4.22. The van der Waals surface area contributed by atoms with Gasteiger partial charge in [-0.15, -0.1) is 0 Å². The first kappa shape index (κ1) is 15.2. The molecule has 0 amide bonds. The van der Waals surface area contributed by atoms with Crippen LogP contribution in [0.2, 0.25) is 0 Å². The molecule has 0 saturated heterocycles. The molecule has 0 bridgehead atoms. The maximum Gasteiger partial charge on any atom is 0.391 e. The van der Waals surface area contributed by atoms with E-state index in [9.17, 15) is 13.2 Å². The molecule has 4 heteroatoms. The zero-order valence-electron chi connectivity index (χ0n) is 12.0. The Hall–Kier alpha value is -1.19. The van der Waals surface area contributed by atoms with Crippen LogP contribution in [0.25, 0.3) is 0 Å². The third-order valence-electron chi connectivity index (χ3n) is 4.06. The fourth-order valence-electron chi connectivity index (χ4n) is 2.84. The number of hydrogen-bond acceptors (Lipinski definition) is 1. The lowest BCUT2D eigenvalue weighted by Crippen LogP contribution is -2.34. The van der Waals surface area contributed by atoms with Gasteiger partial charge in [0.2, 0.25) is 0 Å². The van der Waals surface area contributed by atoms with Crippen LogP contribution in [0.3, 0.4) is 0 Å². The van der Waals surface area contributed by atoms with E-state index < -0.39 is 12.1 Å². The average Bonchev–Trinajstić information content (AvgIpc) is 2.38. The maximum absolute atomic E-state index is 12.8. The molecule has 1 nitrogen and oxygen atoms in total. The highest BCUT2D eigenvalue weighted by Crippen LogP contribution is 2.38. The van der Waals surface area contributed by atoms with E-state index in [1.807, 2.05) is 18.2 Å². The zero-order chi connectivity index (χ0) is 14.8. The van der Waals surface area contributed by atoms with Crippen LogP contribution in [-0.2, 0) is 0 Å². The lowest BCUT2D eigenvalue weighted by molar-refractivity contribution is -0.182. The first-order valence-electron chi connectivity index (χ1n) is 7.29. The summed E-state index contributed by atoms with van der Waals surface area (Å²) >= 11 is 0. The Balaban J connectivity index is 2.01. The molecule has 20 heavy (non-hydrogen) atoms. The fraction of sp³-hybridized carbons (Fsp3) is 0.625. The lowest BCUT2D eigenvalue weighted by atomic mass is 9.85. The van der Waals surface area contributed by atoms with Crippen molar-refractivity contribution in [1.29, 1.82) is 0 Å². The molecule has 0 spiro atoms. The summed E-state index contributed by atoms with van der Waals surface area (Å²) < 4.78 is 38.4. The molecule has 0 radical (unpaired) electrons. The Bertz CT molecular complexity index is 440. The summed E-state index contributed by atoms with van der Waals surface area (Å²) in [6, 6.07) is 7.92. The highest BCUT2D eigenvalue weighted by Gasteiger charge is 2.42. The van der Waals surface area contributed by atoms with Gasteiger partial charge in [0.15, 0.2) is 0 Å². The van der Waals surface area contributed by atoms with Crippen LogP contribution in [0.1, 0.15) is 51.0 Å². The molecule has 1 aromatic carbocycles. The monoisotopic (exact) mass is 285 g/mol. The molecule has 112 valence electrons. The van der Waals surface area contributed by atoms with E-state index >= 15 is 0 Å². The third-order valence-corrected chi connectivity index (χ3v) is 4.06. The van der Waals surface area contributed by atoms with Crippen molar-refractivity contribution in [1.82, 2.24) is 0 Å². The van der Waals surface area contributed by atoms with Crippen molar-refractivity contribution >= 4 is 5.69 Å². The van der Waals surface area contributed by atoms with Gasteiger partial charge in [-0.1, -0.05) is 32.4 Å². The summed E-state index contributed by atoms with van der Waals surface area (Å²) in [4.78, 5) is 0. The van der Waals surface area contributed by atoms with E-state index in [4.69, 9.17) is 0 Å². The van der Waals surface area contributed by atoms with E-state index in [2.05, 4.69) is 25.2 Å². The van der Waals surface area contributed by atoms with Crippen LogP contribution < -0.4 is 5.32 Å². The maximum atomic E-state index is 12.8. The fourth-order valence-corrected chi connectivity index (χ4v) is 2.84. The second kappa shape index (κ2) is 6.06. The Morgan fingerprint density at radius 2 is 1.95 bits per heavy atom. The summed E-state index contributed by atoms with van der Waals surface area (Å²) in [6.07, 6.45) is -2.13. The van der Waals surface area contributed by atoms with Crippen molar-refractivity contribution in [3.05, 3.63) is 29.8 Å². The molecule has 0 aliphatic heterocycles. The van der Waals surface area contributed by atoms with E-state index in [1.165, 1.54) is 5.56 Å². The average molecular weight is 285 g/mol. The van der Waals surface area contributed by atoms with Crippen molar-refractivity contribution < 1.29 is 13.2 Å². The van der Waals surface area contributed by atoms with Gasteiger partial charge in [-0.3, -0.25) is 0 Å². The van der Waals surface area contributed by atoms with Crippen molar-refractivity contribution in [2.45, 2.75) is 57.7 Å². The summed E-state index contributed by atoms with van der Waals surface area (Å²) in [7, 11) is 0. The Kier molecular flexibility index (Phi) is 4.61. The van der Waals surface area contributed by atoms with Gasteiger partial charge in [0.1, 0.15) is 0 Å². The van der Waals surface area contributed by atoms with E-state index in [-0.39, 0.29) is 18.9 Å². The number of rotatable bonds is 3. The van der Waals surface area contributed by atoms with Gasteiger partial charge in [0, 0.05) is 11.7 Å². The van der Waals surface area contributed by atoms with Crippen molar-refractivity contribution in [3.63, 3.8) is 0 Å². The summed E-state index contributed by atoms with van der Waals surface area (Å²) in [5, 5.41) is 3.28. The molecule has 2 rings (SSSR count). The van der Waals surface area contributed by atoms with Gasteiger partial charge in [-0.25, -0.2) is 0 Å². The van der Waals surface area contributed by atoms with Gasteiger partial charge in [0.25, 0.3) is 0 Å². The molecule has 2 atom stereocenters. The SMILES string of the molecule is CC(C)c1cccc(NC2CCCC(C(F)(F)F)C2)c1. The zero-order valence-corrected chi connectivity index (χ0v) is 12.0. The Labute approximate surface area is 118 Å². The minimum Gasteiger partial charge on any atom is -0.382 e. The van der Waals surface area contributed by atoms with E-state index in [0.717, 1.165) is 12.1 Å². The molecule has 1 aromatic rings. The number of alkyl halides is 3. The molecule has 1 aliphatic rings. The number of halogens is 3. The normalized spacial score (nSPS) is 23.9. The molecule has 2 unspecified atom stereocenters. The largest absolute Gasteiger partial charge is 0.391 e. The molecule has 1 aliphatic carbocycles. The Morgan fingerprint density at radius 1 is 1.20 bits per heavy atom. The number of hydrogen-bond donors (Lipinski definition) is 1. The number of nitrogens with one attached hydrogen (secondary N) is 1. The second-order valence-electron chi connectivity index (χ2n) is 6.03. The predicted molar refractivity (Wildman–Crippen MR) is 76.0 cm³/mol. The second-order valence-corrected chi connectivity index (χ2v) is 6.03. The Morgan fingerprint density at radius 3 is 2.60 bits per heavy atom. The van der Waals surface area contributed by atoms with Gasteiger partial charge < -0.3 is 5.32 Å². The molecular formula is C16H22F3N. The molecule has 1 N–H and O–H groups in total. The summed E-state index contributed by atoms with van der Waals surface area (Å²) in [5.41, 5.74) is 2.14. The van der Waals surface area contributed by atoms with Gasteiger partial charge in [0.05, 0.1) is 5.92 Å². The minimum atomic E-state index is -4.06. The summed E-state index contributed by atoms with van der Waals surface area (Å²) in [5.74, 6) is -0.729. The van der Waals surface area contributed by atoms with Crippen molar-refractivity contribution in [2.24, 2.45) is 5.92 Å². The third kappa shape index (κ3) is 3.90. The van der Waals surface area contributed by atoms with Crippen LogP contribution in [0, 0.1) is 5.92 Å². The van der Waals surface area contributed by atoms with Gasteiger partial charge in [-0.05, 0) is 42.9 Å². The van der Waals surface area contributed by atoms with Gasteiger partial charge in [-0.2, -0.15) is 13.2 Å². The van der Waals surface area contributed by atoms with E-state index in [0.29, 0.717) is 12.3 Å². The molecule has 0 aromatic heterocycles. The topological polar surface area (TPSA) is 12.0 Å². The highest BCUT2D eigenvalue weighted by atomic mass is 19.4. The highest BCUT2D eigenvalue weighted by molar-refractivity contribution is 5.47. The van der Waals surface area contributed by atoms with Crippen LogP contribution in [-0.4, -0.2) is 12.2 Å². The predicted octanol–water partition coefficient (Wildman–Crippen LogP) is 5.34. The first-order valence-corrected chi connectivity index (χ1v) is 7.29. The van der Waals surface area contributed by atoms with Gasteiger partial charge >= 0.3 is 6.18 Å². The molecular weight excluding hydrogens is 263 g/mol. The van der Waals surface area contributed by atoms with Crippen LogP contribution in [0.4, 0.5) is 18.9 Å². The van der Waals surface area contributed by atoms with E-state index in [1.54, 1.807) is 0 Å². The van der Waals surface area contributed by atoms with Crippen molar-refractivity contribution in [3.8, 4) is 0 Å². The van der Waals surface area contributed by atoms with Crippen LogP contribution in [0.15, 0.2) is 24.3 Å². The number of benzene rings is 1. The first-order chi connectivity index (χ1) is 9.36. The van der Waals surface area contributed by atoms with Crippen LogP contribution in [0.5, 0.6) is 0 Å². The standard InChI is InChI=1S/C16H22F3N/c1-11(2)12-5-3-7-14(9-12)20-15-8-4-6-13(10-15)16(17,18)19/h3,5,7,9,11,13,15,20H,4,6,8,10H2,1-2H3. The van der Waals surface area contributed by atoms with Crippen LogP contribution >= 0.6 is 0 Å². The van der Waals surface area contributed by atoms with Crippen molar-refractivity contribution in [2.75, 3.05) is 5.32 Å². The number of anilines is 1. The minimum absolute atomic E-state index is 0.0715. The lowest BCUT2D eigenvalue weighted by Gasteiger charge is -2.31. The smallest absolute Gasteiger partial charge is 0.382 e. The quantitative estimate of drug-likeness (QED) is 0.790. The molecule has 1 saturated carbocycles.